The minimum atomic E-state index is -0.376. The molecule has 0 aliphatic rings. The van der Waals surface area contributed by atoms with Gasteiger partial charge in [-0.1, -0.05) is 6.92 Å². The van der Waals surface area contributed by atoms with E-state index in [0.717, 1.165) is 12.2 Å². The average Bonchev–Trinajstić information content (AvgIpc) is 2.46. The normalized spacial score (nSPS) is 10.4. The molecular weight excluding hydrogens is 258 g/mol. The first-order valence-electron chi connectivity index (χ1n) is 6.55. The zero-order chi connectivity index (χ0) is 15.0. The molecule has 0 aliphatic heterocycles. The van der Waals surface area contributed by atoms with Gasteiger partial charge >= 0.3 is 0 Å². The van der Waals surface area contributed by atoms with E-state index in [1.54, 1.807) is 12.1 Å². The van der Waals surface area contributed by atoms with Gasteiger partial charge in [0.15, 0.2) is 0 Å². The summed E-state index contributed by atoms with van der Waals surface area (Å²) in [6, 6.07) is 3.41. The summed E-state index contributed by atoms with van der Waals surface area (Å²) in [5.74, 6) is 4.67. The SMILES string of the molecule is CCNC(=O)CN(CC)Cc1ccc(C(=O)NN)cn1. The predicted molar refractivity (Wildman–Crippen MR) is 75.5 cm³/mol. The molecule has 0 atom stereocenters. The van der Waals surface area contributed by atoms with Crippen molar-refractivity contribution in [1.29, 1.82) is 0 Å². The summed E-state index contributed by atoms with van der Waals surface area (Å²) in [5.41, 5.74) is 3.25. The van der Waals surface area contributed by atoms with Crippen molar-refractivity contribution in [3.05, 3.63) is 29.6 Å². The Labute approximate surface area is 118 Å². The number of pyridine rings is 1. The van der Waals surface area contributed by atoms with E-state index in [1.807, 2.05) is 18.7 Å². The van der Waals surface area contributed by atoms with E-state index in [-0.39, 0.29) is 11.8 Å². The number of aromatic nitrogens is 1. The first kappa shape index (κ1) is 16.1. The molecule has 20 heavy (non-hydrogen) atoms. The Kier molecular flexibility index (Phi) is 6.61. The zero-order valence-corrected chi connectivity index (χ0v) is 11.8. The Bertz CT molecular complexity index is 447. The van der Waals surface area contributed by atoms with Gasteiger partial charge in [-0.05, 0) is 25.6 Å². The summed E-state index contributed by atoms with van der Waals surface area (Å²) >= 11 is 0. The van der Waals surface area contributed by atoms with Crippen LogP contribution in [0.15, 0.2) is 18.3 Å². The maximum atomic E-state index is 11.5. The van der Waals surface area contributed by atoms with E-state index >= 15 is 0 Å². The minimum Gasteiger partial charge on any atom is -0.355 e. The second-order valence-electron chi connectivity index (χ2n) is 4.27. The van der Waals surface area contributed by atoms with E-state index < -0.39 is 0 Å². The first-order chi connectivity index (χ1) is 9.60. The Balaban J connectivity index is 2.61. The second kappa shape index (κ2) is 8.23. The van der Waals surface area contributed by atoms with Crippen molar-refractivity contribution < 1.29 is 9.59 Å². The van der Waals surface area contributed by atoms with Gasteiger partial charge in [0.25, 0.3) is 5.91 Å². The lowest BCUT2D eigenvalue weighted by Gasteiger charge is -2.19. The maximum Gasteiger partial charge on any atom is 0.266 e. The van der Waals surface area contributed by atoms with Gasteiger partial charge in [-0.25, -0.2) is 5.84 Å². The molecule has 0 unspecified atom stereocenters. The largest absolute Gasteiger partial charge is 0.355 e. The van der Waals surface area contributed by atoms with Gasteiger partial charge in [-0.3, -0.25) is 24.9 Å². The highest BCUT2D eigenvalue weighted by Gasteiger charge is 2.10. The molecule has 1 aromatic rings. The number of nitrogens with two attached hydrogens (primary N) is 1. The molecule has 2 amide bonds. The van der Waals surface area contributed by atoms with E-state index in [4.69, 9.17) is 5.84 Å². The lowest BCUT2D eigenvalue weighted by Crippen LogP contribution is -2.36. The number of nitrogen functional groups attached to an aromatic ring is 1. The van der Waals surface area contributed by atoms with Gasteiger partial charge in [-0.2, -0.15) is 0 Å². The van der Waals surface area contributed by atoms with Gasteiger partial charge < -0.3 is 5.32 Å². The molecule has 110 valence electrons. The summed E-state index contributed by atoms with van der Waals surface area (Å²) in [6.45, 7) is 6.11. The maximum absolute atomic E-state index is 11.5. The van der Waals surface area contributed by atoms with Crippen LogP contribution in [0.2, 0.25) is 0 Å². The standard InChI is InChI=1S/C13H21N5O2/c1-3-15-12(19)9-18(4-2)8-11-6-5-10(7-16-11)13(20)17-14/h5-7H,3-4,8-9,14H2,1-2H3,(H,15,19)(H,17,20). The summed E-state index contributed by atoms with van der Waals surface area (Å²) in [5, 5.41) is 2.76. The lowest BCUT2D eigenvalue weighted by molar-refractivity contribution is -0.122. The van der Waals surface area contributed by atoms with E-state index in [9.17, 15) is 9.59 Å². The molecule has 0 fully saturated rings. The van der Waals surface area contributed by atoms with Crippen LogP contribution >= 0.6 is 0 Å². The summed E-state index contributed by atoms with van der Waals surface area (Å²) in [6.07, 6.45) is 1.47. The molecule has 0 aliphatic carbocycles. The van der Waals surface area contributed by atoms with Crippen LogP contribution in [0.5, 0.6) is 0 Å². The molecule has 4 N–H and O–H groups in total. The predicted octanol–water partition coefficient (Wildman–Crippen LogP) is -0.357. The monoisotopic (exact) mass is 279 g/mol. The van der Waals surface area contributed by atoms with Crippen LogP contribution in [0.4, 0.5) is 0 Å². The number of rotatable bonds is 7. The quantitative estimate of drug-likeness (QED) is 0.359. The van der Waals surface area contributed by atoms with E-state index in [1.165, 1.54) is 6.20 Å². The van der Waals surface area contributed by atoms with Crippen LogP contribution in [0.3, 0.4) is 0 Å². The van der Waals surface area contributed by atoms with Crippen molar-refractivity contribution in [1.82, 2.24) is 20.6 Å². The Morgan fingerprint density at radius 1 is 1.35 bits per heavy atom. The number of likely N-dealkylation sites (N-methyl/N-ethyl adjacent to an activating group) is 2. The lowest BCUT2D eigenvalue weighted by atomic mass is 10.2. The van der Waals surface area contributed by atoms with Crippen molar-refractivity contribution in [2.45, 2.75) is 20.4 Å². The smallest absolute Gasteiger partial charge is 0.266 e. The Morgan fingerprint density at radius 3 is 2.60 bits per heavy atom. The topological polar surface area (TPSA) is 100 Å². The Morgan fingerprint density at radius 2 is 2.10 bits per heavy atom. The van der Waals surface area contributed by atoms with E-state index in [2.05, 4.69) is 15.7 Å². The van der Waals surface area contributed by atoms with Crippen LogP contribution < -0.4 is 16.6 Å². The number of carbonyl (C=O) groups excluding carboxylic acids is 2. The summed E-state index contributed by atoms with van der Waals surface area (Å²) in [7, 11) is 0. The number of hydrogen-bond donors (Lipinski definition) is 3. The van der Waals surface area contributed by atoms with Crippen LogP contribution in [-0.4, -0.2) is 41.3 Å². The van der Waals surface area contributed by atoms with Crippen molar-refractivity contribution in [3.63, 3.8) is 0 Å². The van der Waals surface area contributed by atoms with Crippen molar-refractivity contribution in [2.24, 2.45) is 5.84 Å². The molecule has 1 heterocycles. The van der Waals surface area contributed by atoms with Crippen molar-refractivity contribution in [3.8, 4) is 0 Å². The fourth-order valence-corrected chi connectivity index (χ4v) is 1.70. The highest BCUT2D eigenvalue weighted by Crippen LogP contribution is 2.04. The van der Waals surface area contributed by atoms with Gasteiger partial charge in [0.1, 0.15) is 0 Å². The molecule has 0 bridgehead atoms. The number of hydrogen-bond acceptors (Lipinski definition) is 5. The number of nitrogens with zero attached hydrogens (tertiary/aromatic N) is 2. The van der Waals surface area contributed by atoms with Gasteiger partial charge in [0.05, 0.1) is 17.8 Å². The number of nitrogens with one attached hydrogen (secondary N) is 2. The van der Waals surface area contributed by atoms with Crippen LogP contribution in [0, 0.1) is 0 Å². The fourth-order valence-electron chi connectivity index (χ4n) is 1.70. The molecule has 0 aromatic carbocycles. The third kappa shape index (κ3) is 4.94. The van der Waals surface area contributed by atoms with E-state index in [0.29, 0.717) is 25.2 Å². The molecule has 0 radical (unpaired) electrons. The van der Waals surface area contributed by atoms with Crippen LogP contribution in [0.25, 0.3) is 0 Å². The molecule has 7 nitrogen and oxygen atoms in total. The highest BCUT2D eigenvalue weighted by atomic mass is 16.2. The molecule has 1 aromatic heterocycles. The minimum absolute atomic E-state index is 0.00604. The third-order valence-corrected chi connectivity index (χ3v) is 2.79. The highest BCUT2D eigenvalue weighted by molar-refractivity contribution is 5.93. The van der Waals surface area contributed by atoms with Gasteiger partial charge in [-0.15, -0.1) is 0 Å². The number of hydrazine groups is 1. The van der Waals surface area contributed by atoms with Crippen molar-refractivity contribution >= 4 is 11.8 Å². The van der Waals surface area contributed by atoms with Crippen molar-refractivity contribution in [2.75, 3.05) is 19.6 Å². The molecular formula is C13H21N5O2. The summed E-state index contributed by atoms with van der Waals surface area (Å²) in [4.78, 5) is 29.0. The third-order valence-electron chi connectivity index (χ3n) is 2.79. The molecule has 0 spiro atoms. The van der Waals surface area contributed by atoms with Crippen LogP contribution in [0.1, 0.15) is 29.9 Å². The molecule has 1 rings (SSSR count). The zero-order valence-electron chi connectivity index (χ0n) is 11.8. The molecule has 0 saturated heterocycles. The summed E-state index contributed by atoms with van der Waals surface area (Å²) < 4.78 is 0. The Hall–Kier alpha value is -1.99. The molecule has 0 saturated carbocycles. The number of carbonyl (C=O) groups is 2. The van der Waals surface area contributed by atoms with Crippen LogP contribution in [-0.2, 0) is 11.3 Å². The first-order valence-corrected chi connectivity index (χ1v) is 6.55. The fraction of sp³-hybridized carbons (Fsp3) is 0.462. The number of amides is 2. The van der Waals surface area contributed by atoms with Gasteiger partial charge in [0.2, 0.25) is 5.91 Å². The second-order valence-corrected chi connectivity index (χ2v) is 4.27. The van der Waals surface area contributed by atoms with Gasteiger partial charge in [0, 0.05) is 19.3 Å². The molecule has 7 heteroatoms. The average molecular weight is 279 g/mol.